The van der Waals surface area contributed by atoms with Crippen molar-refractivity contribution in [2.45, 2.75) is 13.1 Å². The number of para-hydroxylation sites is 1. The summed E-state index contributed by atoms with van der Waals surface area (Å²) < 4.78 is 39.7. The van der Waals surface area contributed by atoms with Crippen LogP contribution < -0.4 is 0 Å². The Morgan fingerprint density at radius 3 is 2.44 bits per heavy atom. The average molecular weight is 257 g/mol. The molecule has 0 amide bonds. The van der Waals surface area contributed by atoms with E-state index in [1.807, 2.05) is 0 Å². The Morgan fingerprint density at radius 1 is 1.33 bits per heavy atom. The minimum absolute atomic E-state index is 0.0973. The molecule has 0 aliphatic rings. The molecule has 0 unspecified atom stereocenters. The van der Waals surface area contributed by atoms with Crippen LogP contribution in [0.5, 0.6) is 0 Å². The lowest BCUT2D eigenvalue weighted by molar-refractivity contribution is -0.136. The molecule has 1 heterocycles. The van der Waals surface area contributed by atoms with Gasteiger partial charge in [0.1, 0.15) is 5.69 Å². The summed E-state index contributed by atoms with van der Waals surface area (Å²) in [6, 6.07) is 3.73. The van der Waals surface area contributed by atoms with E-state index in [4.69, 9.17) is 5.11 Å². The summed E-state index contributed by atoms with van der Waals surface area (Å²) >= 11 is 0. The zero-order valence-corrected chi connectivity index (χ0v) is 9.67. The van der Waals surface area contributed by atoms with Crippen molar-refractivity contribution in [2.75, 3.05) is 0 Å². The number of nitrogens with zero attached hydrogens (tertiary/aromatic N) is 1. The molecular weight excluding hydrogens is 247 g/mol. The SMILES string of the molecule is Cc1c(C(=O)O)n(C)c2c(C(F)(F)F)cccc12. The van der Waals surface area contributed by atoms with Crippen molar-refractivity contribution in [3.63, 3.8) is 0 Å². The third-order valence-electron chi connectivity index (χ3n) is 2.97. The van der Waals surface area contributed by atoms with Gasteiger partial charge in [0.2, 0.25) is 0 Å². The van der Waals surface area contributed by atoms with Crippen molar-refractivity contribution in [3.8, 4) is 0 Å². The van der Waals surface area contributed by atoms with Gasteiger partial charge < -0.3 is 9.67 Å². The first-order valence-electron chi connectivity index (χ1n) is 5.13. The Bertz CT molecular complexity index is 641. The molecule has 3 nitrogen and oxygen atoms in total. The number of halogens is 3. The number of hydrogen-bond donors (Lipinski definition) is 1. The van der Waals surface area contributed by atoms with Crippen LogP contribution in [0.1, 0.15) is 21.6 Å². The summed E-state index contributed by atoms with van der Waals surface area (Å²) in [5.41, 5.74) is -0.703. The van der Waals surface area contributed by atoms with Gasteiger partial charge in [-0.15, -0.1) is 0 Å². The molecule has 0 aliphatic heterocycles. The lowest BCUT2D eigenvalue weighted by atomic mass is 10.1. The number of carboxylic acids is 1. The summed E-state index contributed by atoms with van der Waals surface area (Å²) in [6.45, 7) is 1.51. The highest BCUT2D eigenvalue weighted by atomic mass is 19.4. The molecule has 2 rings (SSSR count). The van der Waals surface area contributed by atoms with Gasteiger partial charge in [-0.1, -0.05) is 12.1 Å². The molecule has 1 N–H and O–H groups in total. The van der Waals surface area contributed by atoms with Crippen LogP contribution in [-0.2, 0) is 13.2 Å². The van der Waals surface area contributed by atoms with E-state index in [9.17, 15) is 18.0 Å². The Hall–Kier alpha value is -1.98. The van der Waals surface area contributed by atoms with Crippen molar-refractivity contribution < 1.29 is 23.1 Å². The monoisotopic (exact) mass is 257 g/mol. The number of benzene rings is 1. The predicted molar refractivity (Wildman–Crippen MR) is 59.6 cm³/mol. The summed E-state index contributed by atoms with van der Waals surface area (Å²) in [7, 11) is 1.33. The third-order valence-corrected chi connectivity index (χ3v) is 2.97. The maximum absolute atomic E-state index is 12.9. The second-order valence-electron chi connectivity index (χ2n) is 4.04. The maximum atomic E-state index is 12.9. The first-order chi connectivity index (χ1) is 8.25. The fraction of sp³-hybridized carbons (Fsp3) is 0.250. The number of carboxylic acid groups (broad SMARTS) is 1. The zero-order valence-electron chi connectivity index (χ0n) is 9.67. The van der Waals surface area contributed by atoms with Gasteiger partial charge in [-0.2, -0.15) is 13.2 Å². The van der Waals surface area contributed by atoms with E-state index in [0.29, 0.717) is 10.9 Å². The highest BCUT2D eigenvalue weighted by Gasteiger charge is 2.35. The maximum Gasteiger partial charge on any atom is 0.418 e. The molecule has 96 valence electrons. The second-order valence-corrected chi connectivity index (χ2v) is 4.04. The van der Waals surface area contributed by atoms with E-state index >= 15 is 0 Å². The highest BCUT2D eigenvalue weighted by Crippen LogP contribution is 2.37. The highest BCUT2D eigenvalue weighted by molar-refractivity contribution is 5.99. The van der Waals surface area contributed by atoms with E-state index in [1.165, 1.54) is 26.1 Å². The van der Waals surface area contributed by atoms with Gasteiger partial charge in [-0.05, 0) is 18.6 Å². The van der Waals surface area contributed by atoms with E-state index in [-0.39, 0.29) is 11.2 Å². The molecule has 6 heteroatoms. The molecule has 0 radical (unpaired) electrons. The summed E-state index contributed by atoms with van der Waals surface area (Å²) in [5.74, 6) is -1.24. The standard InChI is InChI=1S/C12H10F3NO2/c1-6-7-4-3-5-8(12(13,14)15)10(7)16(2)9(6)11(17)18/h3-5H,1-2H3,(H,17,18). The predicted octanol–water partition coefficient (Wildman–Crippen LogP) is 3.20. The molecular formula is C12H10F3NO2. The minimum atomic E-state index is -4.51. The second kappa shape index (κ2) is 3.76. The van der Waals surface area contributed by atoms with Crippen LogP contribution in [-0.4, -0.2) is 15.6 Å². The molecule has 2 aromatic rings. The van der Waals surface area contributed by atoms with E-state index in [1.54, 1.807) is 0 Å². The number of rotatable bonds is 1. The van der Waals surface area contributed by atoms with Crippen LogP contribution in [0.25, 0.3) is 10.9 Å². The first kappa shape index (κ1) is 12.5. The van der Waals surface area contributed by atoms with Crippen LogP contribution in [0.4, 0.5) is 13.2 Å². The lowest BCUT2D eigenvalue weighted by Gasteiger charge is -2.10. The fourth-order valence-corrected chi connectivity index (χ4v) is 2.23. The van der Waals surface area contributed by atoms with Crippen molar-refractivity contribution in [3.05, 3.63) is 35.0 Å². The van der Waals surface area contributed by atoms with Crippen molar-refractivity contribution in [1.29, 1.82) is 0 Å². The fourth-order valence-electron chi connectivity index (χ4n) is 2.23. The molecule has 0 bridgehead atoms. The van der Waals surface area contributed by atoms with E-state index < -0.39 is 17.7 Å². The Morgan fingerprint density at radius 2 is 1.94 bits per heavy atom. The third kappa shape index (κ3) is 1.64. The van der Waals surface area contributed by atoms with E-state index in [0.717, 1.165) is 10.6 Å². The topological polar surface area (TPSA) is 42.2 Å². The quantitative estimate of drug-likeness (QED) is 0.852. The molecule has 18 heavy (non-hydrogen) atoms. The van der Waals surface area contributed by atoms with Gasteiger partial charge >= 0.3 is 12.1 Å². The Balaban J connectivity index is 2.95. The first-order valence-corrected chi connectivity index (χ1v) is 5.13. The number of alkyl halides is 3. The summed E-state index contributed by atoms with van der Waals surface area (Å²) in [4.78, 5) is 11.1. The number of aryl methyl sites for hydroxylation is 2. The number of hydrogen-bond acceptors (Lipinski definition) is 1. The minimum Gasteiger partial charge on any atom is -0.477 e. The molecule has 0 saturated heterocycles. The van der Waals surface area contributed by atoms with Gasteiger partial charge in [0, 0.05) is 12.4 Å². The van der Waals surface area contributed by atoms with E-state index in [2.05, 4.69) is 0 Å². The Labute approximate surface area is 100 Å². The van der Waals surface area contributed by atoms with Crippen LogP contribution in [0.15, 0.2) is 18.2 Å². The number of carbonyl (C=O) groups is 1. The van der Waals surface area contributed by atoms with Gasteiger partial charge in [0.25, 0.3) is 0 Å². The Kier molecular flexibility index (Phi) is 2.61. The van der Waals surface area contributed by atoms with Gasteiger partial charge in [0.15, 0.2) is 0 Å². The molecule has 1 aromatic carbocycles. The van der Waals surface area contributed by atoms with Gasteiger partial charge in [-0.3, -0.25) is 0 Å². The molecule has 0 aliphatic carbocycles. The van der Waals surface area contributed by atoms with Crippen LogP contribution >= 0.6 is 0 Å². The average Bonchev–Trinajstić information content (AvgIpc) is 2.50. The molecule has 0 atom stereocenters. The number of fused-ring (bicyclic) bond motifs is 1. The van der Waals surface area contributed by atoms with Crippen molar-refractivity contribution in [2.24, 2.45) is 7.05 Å². The van der Waals surface area contributed by atoms with Crippen LogP contribution in [0, 0.1) is 6.92 Å². The van der Waals surface area contributed by atoms with Crippen molar-refractivity contribution >= 4 is 16.9 Å². The largest absolute Gasteiger partial charge is 0.477 e. The summed E-state index contributed by atoms with van der Waals surface area (Å²) in [5, 5.41) is 9.35. The molecule has 0 spiro atoms. The molecule has 0 fully saturated rings. The van der Waals surface area contributed by atoms with Crippen molar-refractivity contribution in [1.82, 2.24) is 4.57 Å². The lowest BCUT2D eigenvalue weighted by Crippen LogP contribution is -2.10. The smallest absolute Gasteiger partial charge is 0.418 e. The molecule has 1 aromatic heterocycles. The normalized spacial score (nSPS) is 12.1. The number of aromatic nitrogens is 1. The summed E-state index contributed by atoms with van der Waals surface area (Å²) in [6.07, 6.45) is -4.51. The van der Waals surface area contributed by atoms with Gasteiger partial charge in [0.05, 0.1) is 11.1 Å². The zero-order chi connectivity index (χ0) is 13.7. The molecule has 0 saturated carbocycles. The van der Waals surface area contributed by atoms with Gasteiger partial charge in [-0.25, -0.2) is 4.79 Å². The van der Waals surface area contributed by atoms with Crippen LogP contribution in [0.2, 0.25) is 0 Å². The van der Waals surface area contributed by atoms with Crippen LogP contribution in [0.3, 0.4) is 0 Å². The number of aromatic carboxylic acids is 1.